The van der Waals surface area contributed by atoms with Crippen LogP contribution in [0.25, 0.3) is 16.7 Å². The monoisotopic (exact) mass is 530 g/mol. The molecule has 1 saturated carbocycles. The van der Waals surface area contributed by atoms with Crippen LogP contribution in [0.15, 0.2) is 30.3 Å². The number of amides is 1. The van der Waals surface area contributed by atoms with Crippen molar-refractivity contribution in [2.45, 2.75) is 38.0 Å². The van der Waals surface area contributed by atoms with Gasteiger partial charge in [0.1, 0.15) is 11.5 Å². The number of nitrogens with one attached hydrogen (secondary N) is 2. The van der Waals surface area contributed by atoms with E-state index in [9.17, 15) is 17.6 Å². The SMILES string of the molecule is CNS(=O)(=O)NC(=O)c1cc(N2CCC(COC)CC2)c2c(C3CCC3)nn(-c3ccc(F)cc3)c2n1. The third kappa shape index (κ3) is 5.18. The molecule has 0 atom stereocenters. The fourth-order valence-electron chi connectivity index (χ4n) is 5.02. The molecule has 2 aliphatic rings. The fraction of sp³-hybridized carbons (Fsp3) is 0.480. The quantitative estimate of drug-likeness (QED) is 0.460. The summed E-state index contributed by atoms with van der Waals surface area (Å²) in [6, 6.07) is 7.59. The highest BCUT2D eigenvalue weighted by Crippen LogP contribution is 2.43. The predicted molar refractivity (Wildman–Crippen MR) is 138 cm³/mol. The molecule has 0 bridgehead atoms. The third-order valence-corrected chi connectivity index (χ3v) is 8.28. The zero-order chi connectivity index (χ0) is 26.2. The minimum Gasteiger partial charge on any atom is -0.384 e. The number of nitrogens with zero attached hydrogens (tertiary/aromatic N) is 4. The van der Waals surface area contributed by atoms with Crippen LogP contribution < -0.4 is 14.3 Å². The van der Waals surface area contributed by atoms with Crippen molar-refractivity contribution in [3.05, 3.63) is 47.5 Å². The molecule has 10 nitrogen and oxygen atoms in total. The lowest BCUT2D eigenvalue weighted by atomic mass is 9.82. The van der Waals surface area contributed by atoms with Gasteiger partial charge in [0, 0.05) is 39.8 Å². The molecule has 12 heteroatoms. The molecule has 0 spiro atoms. The van der Waals surface area contributed by atoms with Crippen molar-refractivity contribution in [1.82, 2.24) is 24.2 Å². The van der Waals surface area contributed by atoms with Crippen LogP contribution in [0.2, 0.25) is 0 Å². The molecule has 1 amide bonds. The number of pyridine rings is 1. The molecular weight excluding hydrogens is 499 g/mol. The number of ether oxygens (including phenoxy) is 1. The Morgan fingerprint density at radius 2 is 1.86 bits per heavy atom. The van der Waals surface area contributed by atoms with E-state index in [4.69, 9.17) is 9.84 Å². The Labute approximate surface area is 215 Å². The van der Waals surface area contributed by atoms with Gasteiger partial charge in [0.2, 0.25) is 0 Å². The van der Waals surface area contributed by atoms with Gasteiger partial charge in [-0.2, -0.15) is 13.5 Å². The first-order valence-electron chi connectivity index (χ1n) is 12.5. The van der Waals surface area contributed by atoms with Gasteiger partial charge in [-0.25, -0.2) is 23.5 Å². The van der Waals surface area contributed by atoms with Crippen LogP contribution in [0, 0.1) is 11.7 Å². The lowest BCUT2D eigenvalue weighted by Crippen LogP contribution is -2.39. The molecule has 1 saturated heterocycles. The lowest BCUT2D eigenvalue weighted by molar-refractivity contribution is 0.0976. The zero-order valence-corrected chi connectivity index (χ0v) is 21.7. The maximum absolute atomic E-state index is 13.7. The number of fused-ring (bicyclic) bond motifs is 1. The number of aromatic nitrogens is 3. The van der Waals surface area contributed by atoms with Crippen LogP contribution in [0.4, 0.5) is 10.1 Å². The predicted octanol–water partition coefficient (Wildman–Crippen LogP) is 2.88. The summed E-state index contributed by atoms with van der Waals surface area (Å²) in [6.45, 7) is 2.22. The van der Waals surface area contributed by atoms with Gasteiger partial charge in [0.05, 0.1) is 22.5 Å². The van der Waals surface area contributed by atoms with E-state index in [-0.39, 0.29) is 17.4 Å². The van der Waals surface area contributed by atoms with Crippen molar-refractivity contribution in [3.8, 4) is 5.69 Å². The van der Waals surface area contributed by atoms with Gasteiger partial charge in [-0.1, -0.05) is 6.42 Å². The largest absolute Gasteiger partial charge is 0.384 e. The molecule has 1 aromatic carbocycles. The number of halogens is 1. The topological polar surface area (TPSA) is 118 Å². The molecule has 0 radical (unpaired) electrons. The second kappa shape index (κ2) is 10.3. The minimum atomic E-state index is -4.02. The van der Waals surface area contributed by atoms with Crippen LogP contribution in [0.5, 0.6) is 0 Å². The Kier molecular flexibility index (Phi) is 7.15. The Bertz CT molecular complexity index is 1400. The van der Waals surface area contributed by atoms with Crippen molar-refractivity contribution >= 4 is 32.8 Å². The van der Waals surface area contributed by atoms with E-state index in [1.807, 2.05) is 4.72 Å². The van der Waals surface area contributed by atoms with Crippen LogP contribution in [0.3, 0.4) is 0 Å². The van der Waals surface area contributed by atoms with Crippen LogP contribution in [-0.2, 0) is 14.9 Å². The molecule has 198 valence electrons. The highest BCUT2D eigenvalue weighted by Gasteiger charge is 2.32. The maximum Gasteiger partial charge on any atom is 0.301 e. The zero-order valence-electron chi connectivity index (χ0n) is 20.9. The molecule has 3 heterocycles. The summed E-state index contributed by atoms with van der Waals surface area (Å²) in [5.41, 5.74) is 2.72. The number of methoxy groups -OCH3 is 1. The molecular formula is C25H31FN6O4S. The summed E-state index contributed by atoms with van der Waals surface area (Å²) in [5, 5.41) is 5.78. The number of piperidine rings is 1. The first-order chi connectivity index (χ1) is 17.8. The molecule has 5 rings (SSSR count). The van der Waals surface area contributed by atoms with E-state index < -0.39 is 16.1 Å². The van der Waals surface area contributed by atoms with E-state index in [1.54, 1.807) is 30.0 Å². The number of benzene rings is 1. The number of anilines is 1. The first kappa shape index (κ1) is 25.6. The number of hydrogen-bond donors (Lipinski definition) is 2. The van der Waals surface area contributed by atoms with E-state index in [0.29, 0.717) is 23.9 Å². The number of carbonyl (C=O) groups excluding carboxylic acids is 1. The second-order valence-corrected chi connectivity index (χ2v) is 11.3. The molecule has 2 N–H and O–H groups in total. The Morgan fingerprint density at radius 3 is 2.46 bits per heavy atom. The minimum absolute atomic E-state index is 0.0382. The van der Waals surface area contributed by atoms with Crippen molar-refractivity contribution in [2.75, 3.05) is 38.8 Å². The molecule has 1 aliphatic heterocycles. The van der Waals surface area contributed by atoms with Crippen molar-refractivity contribution < 1.29 is 22.3 Å². The first-order valence-corrected chi connectivity index (χ1v) is 14.0. The third-order valence-electron chi connectivity index (χ3n) is 7.29. The van der Waals surface area contributed by atoms with E-state index in [0.717, 1.165) is 62.0 Å². The van der Waals surface area contributed by atoms with E-state index >= 15 is 0 Å². The fourth-order valence-corrected chi connectivity index (χ4v) is 5.47. The summed E-state index contributed by atoms with van der Waals surface area (Å²) in [7, 11) is -1.10. The van der Waals surface area contributed by atoms with E-state index in [1.165, 1.54) is 19.2 Å². The van der Waals surface area contributed by atoms with Crippen LogP contribution in [0.1, 0.15) is 54.2 Å². The summed E-state index contributed by atoms with van der Waals surface area (Å²) < 4.78 is 48.9. The van der Waals surface area contributed by atoms with Gasteiger partial charge in [-0.05, 0) is 61.9 Å². The second-order valence-electron chi connectivity index (χ2n) is 9.65. The molecule has 2 fully saturated rings. The number of rotatable bonds is 8. The molecule has 3 aromatic rings. The molecule has 37 heavy (non-hydrogen) atoms. The van der Waals surface area contributed by atoms with Crippen LogP contribution in [-0.4, -0.2) is 62.9 Å². The smallest absolute Gasteiger partial charge is 0.301 e. The molecule has 0 unspecified atom stereocenters. The number of carbonyl (C=O) groups is 1. The summed E-state index contributed by atoms with van der Waals surface area (Å²) in [6.07, 6.45) is 4.99. The Hall–Kier alpha value is -3.09. The van der Waals surface area contributed by atoms with Crippen molar-refractivity contribution in [1.29, 1.82) is 0 Å². The van der Waals surface area contributed by atoms with Gasteiger partial charge in [-0.3, -0.25) is 4.79 Å². The lowest BCUT2D eigenvalue weighted by Gasteiger charge is -2.34. The van der Waals surface area contributed by atoms with Crippen molar-refractivity contribution in [3.63, 3.8) is 0 Å². The van der Waals surface area contributed by atoms with Gasteiger partial charge >= 0.3 is 10.2 Å². The van der Waals surface area contributed by atoms with Crippen LogP contribution >= 0.6 is 0 Å². The standard InChI is InChI=1S/C25H31FN6O4S/c1-27-37(34,35)30-25(33)20-14-21(31-12-10-16(11-13-31)15-36-2)22-23(17-4-3-5-17)29-32(24(22)28-20)19-8-6-18(26)7-9-19/h6-9,14,16-17,27H,3-5,10-13,15H2,1-2H3,(H,30,33). The molecule has 2 aromatic heterocycles. The average Bonchev–Trinajstić information content (AvgIpc) is 3.22. The van der Waals surface area contributed by atoms with Gasteiger partial charge in [0.25, 0.3) is 5.91 Å². The highest BCUT2D eigenvalue weighted by molar-refractivity contribution is 7.88. The van der Waals surface area contributed by atoms with Crippen molar-refractivity contribution in [2.24, 2.45) is 5.92 Å². The van der Waals surface area contributed by atoms with E-state index in [2.05, 4.69) is 14.6 Å². The Morgan fingerprint density at radius 1 is 1.16 bits per heavy atom. The highest BCUT2D eigenvalue weighted by atomic mass is 32.2. The van der Waals surface area contributed by atoms with Gasteiger partial charge < -0.3 is 9.64 Å². The van der Waals surface area contributed by atoms with Gasteiger partial charge in [-0.15, -0.1) is 0 Å². The summed E-state index contributed by atoms with van der Waals surface area (Å²) in [5.74, 6) is -0.497. The Balaban J connectivity index is 1.67. The average molecular weight is 531 g/mol. The summed E-state index contributed by atoms with van der Waals surface area (Å²) in [4.78, 5) is 19.9. The summed E-state index contributed by atoms with van der Waals surface area (Å²) >= 11 is 0. The maximum atomic E-state index is 13.7. The number of hydrogen-bond acceptors (Lipinski definition) is 7. The molecule has 1 aliphatic carbocycles. The normalized spacial score (nSPS) is 17.2. The van der Waals surface area contributed by atoms with Gasteiger partial charge in [0.15, 0.2) is 5.65 Å².